The van der Waals surface area contributed by atoms with Gasteiger partial charge in [-0.05, 0) is 30.9 Å². The summed E-state index contributed by atoms with van der Waals surface area (Å²) in [7, 11) is -3.99. The van der Waals surface area contributed by atoms with Crippen LogP contribution in [0.1, 0.15) is 12.8 Å². The number of hydrogen-bond acceptors (Lipinski definition) is 5. The first kappa shape index (κ1) is 19.9. The summed E-state index contributed by atoms with van der Waals surface area (Å²) in [5, 5.41) is 0. The maximum Gasteiger partial charge on any atom is 0.387 e. The van der Waals surface area contributed by atoms with Crippen molar-refractivity contribution in [1.82, 2.24) is 9.21 Å². The summed E-state index contributed by atoms with van der Waals surface area (Å²) in [6, 6.07) is 2.69. The Labute approximate surface area is 162 Å². The molecular formula is C18H23F3N2O4S. The van der Waals surface area contributed by atoms with Crippen LogP contribution in [-0.2, 0) is 14.8 Å². The van der Waals surface area contributed by atoms with Gasteiger partial charge in [0.2, 0.25) is 10.0 Å². The van der Waals surface area contributed by atoms with Crippen LogP contribution in [0.5, 0.6) is 5.75 Å². The fraction of sp³-hybridized carbons (Fsp3) is 0.667. The van der Waals surface area contributed by atoms with Crippen molar-refractivity contribution in [2.24, 2.45) is 11.3 Å². The Bertz CT molecular complexity index is 816. The second-order valence-corrected chi connectivity index (χ2v) is 9.88. The van der Waals surface area contributed by atoms with Crippen LogP contribution in [0.2, 0.25) is 0 Å². The van der Waals surface area contributed by atoms with Gasteiger partial charge >= 0.3 is 6.61 Å². The van der Waals surface area contributed by atoms with E-state index < -0.39 is 33.1 Å². The third-order valence-corrected chi connectivity index (χ3v) is 7.57. The molecule has 0 aromatic heterocycles. The van der Waals surface area contributed by atoms with E-state index in [0.29, 0.717) is 25.1 Å². The van der Waals surface area contributed by atoms with Gasteiger partial charge in [0.25, 0.3) is 0 Å². The van der Waals surface area contributed by atoms with E-state index in [1.165, 1.54) is 4.31 Å². The third kappa shape index (κ3) is 3.87. The lowest BCUT2D eigenvalue weighted by Gasteiger charge is -2.60. The van der Waals surface area contributed by atoms with Crippen molar-refractivity contribution in [3.63, 3.8) is 0 Å². The van der Waals surface area contributed by atoms with E-state index >= 15 is 0 Å². The minimum absolute atomic E-state index is 0.0482. The van der Waals surface area contributed by atoms with Crippen LogP contribution in [0, 0.1) is 17.2 Å². The number of halogens is 3. The van der Waals surface area contributed by atoms with Gasteiger partial charge in [-0.25, -0.2) is 12.8 Å². The van der Waals surface area contributed by atoms with Gasteiger partial charge in [0, 0.05) is 57.4 Å². The smallest absolute Gasteiger partial charge is 0.387 e. The fourth-order valence-electron chi connectivity index (χ4n) is 4.40. The molecular weight excluding hydrogens is 397 g/mol. The van der Waals surface area contributed by atoms with Crippen molar-refractivity contribution in [3.05, 3.63) is 24.0 Å². The van der Waals surface area contributed by atoms with E-state index in [0.717, 1.165) is 57.8 Å². The van der Waals surface area contributed by atoms with Crippen molar-refractivity contribution in [3.8, 4) is 5.75 Å². The van der Waals surface area contributed by atoms with Crippen molar-refractivity contribution in [2.75, 3.05) is 45.9 Å². The monoisotopic (exact) mass is 420 g/mol. The number of ether oxygens (including phenoxy) is 2. The van der Waals surface area contributed by atoms with Crippen molar-refractivity contribution >= 4 is 10.0 Å². The van der Waals surface area contributed by atoms with Gasteiger partial charge in [-0.1, -0.05) is 0 Å². The maximum atomic E-state index is 14.2. The van der Waals surface area contributed by atoms with Crippen LogP contribution in [0.4, 0.5) is 13.2 Å². The zero-order chi connectivity index (χ0) is 19.9. The van der Waals surface area contributed by atoms with E-state index in [-0.39, 0.29) is 5.41 Å². The summed E-state index contributed by atoms with van der Waals surface area (Å²) < 4.78 is 74.6. The van der Waals surface area contributed by atoms with E-state index in [1.54, 1.807) is 0 Å². The Hall–Kier alpha value is -1.36. The molecule has 1 spiro atoms. The molecule has 10 heteroatoms. The van der Waals surface area contributed by atoms with Gasteiger partial charge in [0.1, 0.15) is 16.5 Å². The van der Waals surface area contributed by atoms with Gasteiger partial charge in [-0.2, -0.15) is 13.1 Å². The predicted octanol–water partition coefficient (Wildman–Crippen LogP) is 2.16. The molecule has 0 atom stereocenters. The first-order valence-corrected chi connectivity index (χ1v) is 10.8. The number of benzene rings is 1. The van der Waals surface area contributed by atoms with E-state index in [2.05, 4.69) is 9.64 Å². The highest BCUT2D eigenvalue weighted by Crippen LogP contribution is 2.43. The zero-order valence-corrected chi connectivity index (χ0v) is 16.1. The highest BCUT2D eigenvalue weighted by molar-refractivity contribution is 7.89. The molecule has 4 rings (SSSR count). The van der Waals surface area contributed by atoms with E-state index in [9.17, 15) is 21.6 Å². The lowest BCUT2D eigenvalue weighted by atomic mass is 9.74. The Balaban J connectivity index is 1.33. The van der Waals surface area contributed by atoms with Gasteiger partial charge in [-0.15, -0.1) is 0 Å². The molecule has 28 heavy (non-hydrogen) atoms. The molecule has 3 aliphatic rings. The molecule has 0 unspecified atom stereocenters. The summed E-state index contributed by atoms with van der Waals surface area (Å²) in [4.78, 5) is 1.83. The normalized spacial score (nSPS) is 23.6. The molecule has 3 saturated heterocycles. The molecule has 3 heterocycles. The average Bonchev–Trinajstić information content (AvgIpc) is 2.55. The minimum Gasteiger partial charge on any atom is -0.435 e. The second-order valence-electron chi connectivity index (χ2n) is 7.97. The SMILES string of the molecule is O=S(=O)(c1ccc(OC(F)F)cc1F)N1CC2(CN(CC3CCOCC3)C2)C1. The molecule has 0 radical (unpaired) electrons. The van der Waals surface area contributed by atoms with Gasteiger partial charge in [0.05, 0.1) is 0 Å². The van der Waals surface area contributed by atoms with Crippen LogP contribution in [0.3, 0.4) is 0 Å². The Morgan fingerprint density at radius 3 is 2.46 bits per heavy atom. The quantitative estimate of drug-likeness (QED) is 0.706. The number of rotatable bonds is 6. The van der Waals surface area contributed by atoms with Crippen molar-refractivity contribution < 1.29 is 31.1 Å². The molecule has 0 bridgehead atoms. The topological polar surface area (TPSA) is 59.1 Å². The lowest BCUT2D eigenvalue weighted by molar-refractivity contribution is -0.0913. The number of nitrogens with zero attached hydrogens (tertiary/aromatic N) is 2. The highest BCUT2D eigenvalue weighted by Gasteiger charge is 2.55. The fourth-order valence-corrected chi connectivity index (χ4v) is 6.11. The maximum absolute atomic E-state index is 14.2. The van der Waals surface area contributed by atoms with Crippen LogP contribution in [-0.4, -0.2) is 70.2 Å². The molecule has 3 aliphatic heterocycles. The molecule has 156 valence electrons. The number of sulfonamides is 1. The molecule has 0 saturated carbocycles. The van der Waals surface area contributed by atoms with E-state index in [4.69, 9.17) is 4.74 Å². The third-order valence-electron chi connectivity index (χ3n) is 5.75. The molecule has 1 aromatic carbocycles. The summed E-state index contributed by atoms with van der Waals surface area (Å²) >= 11 is 0. The number of hydrogen-bond donors (Lipinski definition) is 0. The Morgan fingerprint density at radius 2 is 1.86 bits per heavy atom. The molecule has 0 N–H and O–H groups in total. The summed E-state index contributed by atoms with van der Waals surface area (Å²) in [5.74, 6) is -0.864. The standard InChI is InChI=1S/C18H23F3N2O4S/c19-15-7-14(27-17(20)21)1-2-16(15)28(24,25)23-11-18(12-23)9-22(10-18)8-13-3-5-26-6-4-13/h1-2,7,13,17H,3-6,8-12H2. The molecule has 3 fully saturated rings. The lowest BCUT2D eigenvalue weighted by Crippen LogP contribution is -2.73. The largest absolute Gasteiger partial charge is 0.435 e. The van der Waals surface area contributed by atoms with Crippen molar-refractivity contribution in [1.29, 1.82) is 0 Å². The van der Waals surface area contributed by atoms with Gasteiger partial charge in [-0.3, -0.25) is 0 Å². The highest BCUT2D eigenvalue weighted by atomic mass is 32.2. The minimum atomic E-state index is -3.99. The van der Waals surface area contributed by atoms with Gasteiger partial charge in [0.15, 0.2) is 0 Å². The van der Waals surface area contributed by atoms with Gasteiger partial charge < -0.3 is 14.4 Å². The summed E-state index contributed by atoms with van der Waals surface area (Å²) in [6.07, 6.45) is 2.13. The average molecular weight is 420 g/mol. The Kier molecular flexibility index (Phi) is 5.32. The van der Waals surface area contributed by atoms with E-state index in [1.807, 2.05) is 0 Å². The molecule has 1 aromatic rings. The zero-order valence-electron chi connectivity index (χ0n) is 15.3. The van der Waals surface area contributed by atoms with Crippen LogP contribution in [0.25, 0.3) is 0 Å². The summed E-state index contributed by atoms with van der Waals surface area (Å²) in [5.41, 5.74) is -0.0482. The van der Waals surface area contributed by atoms with Crippen LogP contribution in [0.15, 0.2) is 23.1 Å². The Morgan fingerprint density at radius 1 is 1.18 bits per heavy atom. The van der Waals surface area contributed by atoms with Crippen LogP contribution < -0.4 is 4.74 Å². The van der Waals surface area contributed by atoms with Crippen molar-refractivity contribution in [2.45, 2.75) is 24.3 Å². The predicted molar refractivity (Wildman–Crippen MR) is 94.2 cm³/mol. The molecule has 6 nitrogen and oxygen atoms in total. The number of likely N-dealkylation sites (tertiary alicyclic amines) is 1. The second kappa shape index (κ2) is 7.47. The first-order chi connectivity index (χ1) is 13.3. The first-order valence-electron chi connectivity index (χ1n) is 9.32. The molecule has 0 amide bonds. The number of alkyl halides is 2. The molecule has 0 aliphatic carbocycles. The van der Waals surface area contributed by atoms with Crippen LogP contribution >= 0.6 is 0 Å². The summed E-state index contributed by atoms with van der Waals surface area (Å²) in [6.45, 7) is 1.94.